The van der Waals surface area contributed by atoms with Gasteiger partial charge in [0.1, 0.15) is 0 Å². The summed E-state index contributed by atoms with van der Waals surface area (Å²) < 4.78 is 5.18. The van der Waals surface area contributed by atoms with Gasteiger partial charge in [-0.3, -0.25) is 4.79 Å². The van der Waals surface area contributed by atoms with Gasteiger partial charge >= 0.3 is 0 Å². The molecule has 1 aromatic carbocycles. The van der Waals surface area contributed by atoms with Crippen LogP contribution in [-0.2, 0) is 4.74 Å². The fourth-order valence-electron chi connectivity index (χ4n) is 2.68. The number of amides is 1. The van der Waals surface area contributed by atoms with E-state index < -0.39 is 0 Å². The van der Waals surface area contributed by atoms with Gasteiger partial charge in [-0.25, -0.2) is 0 Å². The first-order valence-electron chi connectivity index (χ1n) is 7.81. The first kappa shape index (κ1) is 15.8. The first-order valence-corrected chi connectivity index (χ1v) is 7.81. The van der Waals surface area contributed by atoms with Gasteiger partial charge in [0.25, 0.3) is 5.91 Å². The zero-order chi connectivity index (χ0) is 15.2. The van der Waals surface area contributed by atoms with E-state index in [4.69, 9.17) is 4.74 Å². The van der Waals surface area contributed by atoms with Crippen molar-refractivity contribution in [3.63, 3.8) is 0 Å². The highest BCUT2D eigenvalue weighted by Gasteiger charge is 2.34. The third kappa shape index (κ3) is 3.97. The van der Waals surface area contributed by atoms with E-state index in [1.165, 1.54) is 12.8 Å². The summed E-state index contributed by atoms with van der Waals surface area (Å²) in [4.78, 5) is 14.9. The summed E-state index contributed by atoms with van der Waals surface area (Å²) in [6.45, 7) is 6.22. The van der Waals surface area contributed by atoms with Crippen LogP contribution < -0.4 is 5.32 Å². The molecule has 1 N–H and O–H groups in total. The van der Waals surface area contributed by atoms with Gasteiger partial charge in [-0.2, -0.15) is 0 Å². The summed E-state index contributed by atoms with van der Waals surface area (Å²) in [7, 11) is 1.68. The quantitative estimate of drug-likeness (QED) is 0.800. The maximum atomic E-state index is 13.0. The normalized spacial score (nSPS) is 15.6. The SMILES string of the molecule is CCNc1ccccc1C(=O)N(CCOC)C(C)C1CC1. The highest BCUT2D eigenvalue weighted by atomic mass is 16.5. The number of hydrogen-bond donors (Lipinski definition) is 1. The van der Waals surface area contributed by atoms with E-state index in [1.54, 1.807) is 7.11 Å². The second-order valence-electron chi connectivity index (χ2n) is 5.65. The van der Waals surface area contributed by atoms with E-state index in [-0.39, 0.29) is 11.9 Å². The van der Waals surface area contributed by atoms with Gasteiger partial charge in [-0.1, -0.05) is 12.1 Å². The number of nitrogens with one attached hydrogen (secondary N) is 1. The first-order chi connectivity index (χ1) is 10.2. The molecule has 1 aliphatic carbocycles. The number of para-hydroxylation sites is 1. The lowest BCUT2D eigenvalue weighted by Gasteiger charge is -2.30. The topological polar surface area (TPSA) is 41.6 Å². The molecule has 0 bridgehead atoms. The van der Waals surface area contributed by atoms with Crippen molar-refractivity contribution in [1.82, 2.24) is 4.90 Å². The molecule has 1 atom stereocenters. The molecule has 0 spiro atoms. The Balaban J connectivity index is 2.20. The molecular weight excluding hydrogens is 264 g/mol. The molecule has 1 aromatic rings. The Kier molecular flexibility index (Phi) is 5.62. The highest BCUT2D eigenvalue weighted by molar-refractivity contribution is 5.99. The number of rotatable bonds is 8. The number of benzene rings is 1. The Labute approximate surface area is 127 Å². The van der Waals surface area contributed by atoms with Crippen molar-refractivity contribution in [3.8, 4) is 0 Å². The van der Waals surface area contributed by atoms with Gasteiger partial charge in [0.15, 0.2) is 0 Å². The summed E-state index contributed by atoms with van der Waals surface area (Å²) >= 11 is 0. The minimum atomic E-state index is 0.100. The second kappa shape index (κ2) is 7.46. The van der Waals surface area contributed by atoms with Crippen LogP contribution in [0.25, 0.3) is 0 Å². The van der Waals surface area contributed by atoms with Crippen molar-refractivity contribution < 1.29 is 9.53 Å². The summed E-state index contributed by atoms with van der Waals surface area (Å²) in [6, 6.07) is 8.03. The third-order valence-corrected chi connectivity index (χ3v) is 4.12. The average Bonchev–Trinajstić information content (AvgIpc) is 3.33. The minimum absolute atomic E-state index is 0.100. The van der Waals surface area contributed by atoms with Crippen LogP contribution in [0.4, 0.5) is 5.69 Å². The lowest BCUT2D eigenvalue weighted by molar-refractivity contribution is 0.0595. The molecule has 1 amide bonds. The molecule has 21 heavy (non-hydrogen) atoms. The van der Waals surface area contributed by atoms with E-state index in [9.17, 15) is 4.79 Å². The predicted molar refractivity (Wildman–Crippen MR) is 85.7 cm³/mol. The van der Waals surface area contributed by atoms with Crippen LogP contribution in [0, 0.1) is 5.92 Å². The number of anilines is 1. The lowest BCUT2D eigenvalue weighted by Crippen LogP contribution is -2.42. The summed E-state index contributed by atoms with van der Waals surface area (Å²) in [5.74, 6) is 0.750. The van der Waals surface area contributed by atoms with Crippen molar-refractivity contribution in [2.24, 2.45) is 5.92 Å². The standard InChI is InChI=1S/C17H26N2O2/c1-4-18-16-8-6-5-7-15(16)17(20)19(11-12-21-3)13(2)14-9-10-14/h5-8,13-14,18H,4,9-12H2,1-3H3. The van der Waals surface area contributed by atoms with E-state index in [0.29, 0.717) is 19.1 Å². The molecule has 0 saturated heterocycles. The number of methoxy groups -OCH3 is 1. The van der Waals surface area contributed by atoms with Crippen LogP contribution in [0.1, 0.15) is 37.0 Å². The van der Waals surface area contributed by atoms with E-state index >= 15 is 0 Å². The van der Waals surface area contributed by atoms with E-state index in [2.05, 4.69) is 12.2 Å². The fourth-order valence-corrected chi connectivity index (χ4v) is 2.68. The smallest absolute Gasteiger partial charge is 0.256 e. The zero-order valence-electron chi connectivity index (χ0n) is 13.3. The molecule has 4 nitrogen and oxygen atoms in total. The van der Waals surface area contributed by atoms with Crippen LogP contribution >= 0.6 is 0 Å². The van der Waals surface area contributed by atoms with Gasteiger partial charge in [0.2, 0.25) is 0 Å². The van der Waals surface area contributed by atoms with Crippen molar-refractivity contribution >= 4 is 11.6 Å². The maximum Gasteiger partial charge on any atom is 0.256 e. The Hall–Kier alpha value is -1.55. The monoisotopic (exact) mass is 290 g/mol. The van der Waals surface area contributed by atoms with Gasteiger partial charge in [-0.15, -0.1) is 0 Å². The Bertz CT molecular complexity index is 472. The van der Waals surface area contributed by atoms with Crippen LogP contribution in [0.15, 0.2) is 24.3 Å². The molecule has 0 aromatic heterocycles. The van der Waals surface area contributed by atoms with Crippen LogP contribution in [-0.4, -0.2) is 43.7 Å². The Morgan fingerprint density at radius 2 is 2.14 bits per heavy atom. The number of nitrogens with zero attached hydrogens (tertiary/aromatic N) is 1. The third-order valence-electron chi connectivity index (χ3n) is 4.12. The molecule has 0 heterocycles. The van der Waals surface area contributed by atoms with Crippen LogP contribution in [0.2, 0.25) is 0 Å². The summed E-state index contributed by atoms with van der Waals surface area (Å²) in [5.41, 5.74) is 1.67. The Morgan fingerprint density at radius 1 is 1.43 bits per heavy atom. The average molecular weight is 290 g/mol. The molecule has 0 aliphatic heterocycles. The molecule has 1 aliphatic rings. The molecule has 1 saturated carbocycles. The summed E-state index contributed by atoms with van der Waals surface area (Å²) in [5, 5.41) is 3.27. The molecule has 1 fully saturated rings. The number of carbonyl (C=O) groups is 1. The molecular formula is C17H26N2O2. The largest absolute Gasteiger partial charge is 0.385 e. The van der Waals surface area contributed by atoms with Crippen molar-refractivity contribution in [2.45, 2.75) is 32.7 Å². The van der Waals surface area contributed by atoms with Crippen LogP contribution in [0.5, 0.6) is 0 Å². The Morgan fingerprint density at radius 3 is 2.76 bits per heavy atom. The highest BCUT2D eigenvalue weighted by Crippen LogP contribution is 2.36. The molecule has 4 heteroatoms. The number of hydrogen-bond acceptors (Lipinski definition) is 3. The van der Waals surface area contributed by atoms with Gasteiger partial charge in [0, 0.05) is 31.9 Å². The number of ether oxygens (including phenoxy) is 1. The minimum Gasteiger partial charge on any atom is -0.385 e. The second-order valence-corrected chi connectivity index (χ2v) is 5.65. The molecule has 0 radical (unpaired) electrons. The predicted octanol–water partition coefficient (Wildman–Crippen LogP) is 3.01. The maximum absolute atomic E-state index is 13.0. The lowest BCUT2D eigenvalue weighted by atomic mass is 10.1. The van der Waals surface area contributed by atoms with E-state index in [1.807, 2.05) is 36.1 Å². The fraction of sp³-hybridized carbons (Fsp3) is 0.588. The van der Waals surface area contributed by atoms with Crippen molar-refractivity contribution in [3.05, 3.63) is 29.8 Å². The number of carbonyl (C=O) groups excluding carboxylic acids is 1. The van der Waals surface area contributed by atoms with Gasteiger partial charge in [-0.05, 0) is 44.7 Å². The van der Waals surface area contributed by atoms with Crippen molar-refractivity contribution in [2.75, 3.05) is 32.1 Å². The molecule has 116 valence electrons. The van der Waals surface area contributed by atoms with E-state index in [0.717, 1.165) is 17.8 Å². The van der Waals surface area contributed by atoms with Crippen LogP contribution in [0.3, 0.4) is 0 Å². The molecule has 2 rings (SSSR count). The van der Waals surface area contributed by atoms with Crippen molar-refractivity contribution in [1.29, 1.82) is 0 Å². The zero-order valence-corrected chi connectivity index (χ0v) is 13.3. The van der Waals surface area contributed by atoms with Gasteiger partial charge < -0.3 is 15.0 Å². The van der Waals surface area contributed by atoms with Gasteiger partial charge in [0.05, 0.1) is 12.2 Å². The summed E-state index contributed by atoms with van der Waals surface area (Å²) in [6.07, 6.45) is 2.46. The molecule has 1 unspecified atom stereocenters.